The Morgan fingerprint density at radius 2 is 1.85 bits per heavy atom. The second-order valence-electron chi connectivity index (χ2n) is 6.25. The molecule has 0 amide bonds. The molecule has 1 aromatic rings. The Balaban J connectivity index is 1.86. The molecule has 20 heavy (non-hydrogen) atoms. The summed E-state index contributed by atoms with van der Waals surface area (Å²) in [6, 6.07) is 8.71. The van der Waals surface area contributed by atoms with Crippen molar-refractivity contribution in [2.24, 2.45) is 11.7 Å². The summed E-state index contributed by atoms with van der Waals surface area (Å²) in [5.41, 5.74) is 8.55. The van der Waals surface area contributed by atoms with Crippen LogP contribution in [0.15, 0.2) is 24.3 Å². The van der Waals surface area contributed by atoms with Crippen LogP contribution in [0.4, 0.5) is 0 Å². The van der Waals surface area contributed by atoms with Gasteiger partial charge >= 0.3 is 0 Å². The number of likely N-dealkylation sites (tertiary alicyclic amines) is 1. The van der Waals surface area contributed by atoms with Crippen molar-refractivity contribution in [3.8, 4) is 0 Å². The number of hydrogen-bond acceptors (Lipinski definition) is 3. The maximum atomic E-state index is 5.70. The van der Waals surface area contributed by atoms with Crippen molar-refractivity contribution in [2.45, 2.75) is 25.8 Å². The Morgan fingerprint density at radius 1 is 1.20 bits per heavy atom. The summed E-state index contributed by atoms with van der Waals surface area (Å²) in [4.78, 5) is 4.92. The van der Waals surface area contributed by atoms with Gasteiger partial charge in [-0.25, -0.2) is 0 Å². The molecule has 3 nitrogen and oxygen atoms in total. The lowest BCUT2D eigenvalue weighted by atomic mass is 9.96. The van der Waals surface area contributed by atoms with Gasteiger partial charge in [0.2, 0.25) is 0 Å². The van der Waals surface area contributed by atoms with E-state index in [-0.39, 0.29) is 0 Å². The minimum Gasteiger partial charge on any atom is -0.330 e. The molecule has 0 aromatic heterocycles. The number of rotatable bonds is 6. The molecular formula is C17H29N3. The molecule has 3 heteroatoms. The van der Waals surface area contributed by atoms with E-state index in [2.05, 4.69) is 48.2 Å². The average molecular weight is 275 g/mol. The van der Waals surface area contributed by atoms with E-state index in [1.165, 1.54) is 43.6 Å². The molecular weight excluding hydrogens is 246 g/mol. The molecule has 2 rings (SSSR count). The fourth-order valence-electron chi connectivity index (χ4n) is 3.15. The van der Waals surface area contributed by atoms with Gasteiger partial charge in [0.05, 0.1) is 0 Å². The maximum absolute atomic E-state index is 5.70. The number of benzene rings is 1. The van der Waals surface area contributed by atoms with Crippen molar-refractivity contribution in [1.29, 1.82) is 0 Å². The third-order valence-corrected chi connectivity index (χ3v) is 4.38. The van der Waals surface area contributed by atoms with E-state index >= 15 is 0 Å². The van der Waals surface area contributed by atoms with Crippen LogP contribution in [-0.2, 0) is 13.0 Å². The molecule has 1 aromatic carbocycles. The summed E-state index contributed by atoms with van der Waals surface area (Å²) in [5, 5.41) is 0. The smallest absolute Gasteiger partial charge is 0.0233 e. The van der Waals surface area contributed by atoms with Crippen molar-refractivity contribution >= 4 is 0 Å². The first-order chi connectivity index (χ1) is 9.69. The van der Waals surface area contributed by atoms with Crippen LogP contribution >= 0.6 is 0 Å². The molecule has 1 saturated heterocycles. The number of hydrogen-bond donors (Lipinski definition) is 1. The molecule has 112 valence electrons. The van der Waals surface area contributed by atoms with Crippen LogP contribution in [0.3, 0.4) is 0 Å². The zero-order chi connectivity index (χ0) is 14.4. The largest absolute Gasteiger partial charge is 0.330 e. The fourth-order valence-corrected chi connectivity index (χ4v) is 3.15. The highest BCUT2D eigenvalue weighted by molar-refractivity contribution is 5.27. The van der Waals surface area contributed by atoms with Crippen LogP contribution in [0, 0.1) is 5.92 Å². The van der Waals surface area contributed by atoms with Gasteiger partial charge < -0.3 is 15.5 Å². The monoisotopic (exact) mass is 275 g/mol. The van der Waals surface area contributed by atoms with E-state index < -0.39 is 0 Å². The number of piperidine rings is 1. The topological polar surface area (TPSA) is 32.5 Å². The van der Waals surface area contributed by atoms with Crippen LogP contribution in [0.1, 0.15) is 24.0 Å². The first kappa shape index (κ1) is 15.5. The van der Waals surface area contributed by atoms with Gasteiger partial charge in [-0.2, -0.15) is 0 Å². The summed E-state index contributed by atoms with van der Waals surface area (Å²) in [6.45, 7) is 5.49. The Morgan fingerprint density at radius 3 is 2.50 bits per heavy atom. The highest BCUT2D eigenvalue weighted by atomic mass is 15.1. The zero-order valence-corrected chi connectivity index (χ0v) is 13.0. The Hall–Kier alpha value is -0.900. The SMILES string of the molecule is CN1CCC(CN(C)Cc2ccccc2CCN)CC1. The van der Waals surface area contributed by atoms with Gasteiger partial charge in [-0.15, -0.1) is 0 Å². The van der Waals surface area contributed by atoms with E-state index in [4.69, 9.17) is 5.73 Å². The molecule has 0 unspecified atom stereocenters. The fraction of sp³-hybridized carbons (Fsp3) is 0.647. The van der Waals surface area contributed by atoms with Gasteiger partial charge in [-0.3, -0.25) is 0 Å². The average Bonchev–Trinajstić information content (AvgIpc) is 2.44. The van der Waals surface area contributed by atoms with Gasteiger partial charge in [0.1, 0.15) is 0 Å². The Labute approximate surface area is 123 Å². The summed E-state index contributed by atoms with van der Waals surface area (Å²) < 4.78 is 0. The second-order valence-corrected chi connectivity index (χ2v) is 6.25. The van der Waals surface area contributed by atoms with Gasteiger partial charge in [0.15, 0.2) is 0 Å². The van der Waals surface area contributed by atoms with Crippen LogP contribution in [0.25, 0.3) is 0 Å². The lowest BCUT2D eigenvalue weighted by Gasteiger charge is -2.32. The standard InChI is InChI=1S/C17H29N3/c1-19-11-8-15(9-12-19)13-20(2)14-17-6-4-3-5-16(17)7-10-18/h3-6,15H,7-14,18H2,1-2H3. The highest BCUT2D eigenvalue weighted by Gasteiger charge is 2.18. The minimum absolute atomic E-state index is 0.732. The third-order valence-electron chi connectivity index (χ3n) is 4.38. The molecule has 0 radical (unpaired) electrons. The van der Waals surface area contributed by atoms with Crippen LogP contribution in [0.2, 0.25) is 0 Å². The van der Waals surface area contributed by atoms with E-state index in [9.17, 15) is 0 Å². The zero-order valence-electron chi connectivity index (χ0n) is 13.0. The number of nitrogens with two attached hydrogens (primary N) is 1. The van der Waals surface area contributed by atoms with Crippen molar-refractivity contribution in [3.63, 3.8) is 0 Å². The lowest BCUT2D eigenvalue weighted by Crippen LogP contribution is -2.35. The van der Waals surface area contributed by atoms with Gasteiger partial charge in [0.25, 0.3) is 0 Å². The quantitative estimate of drug-likeness (QED) is 0.861. The second kappa shape index (κ2) is 7.77. The maximum Gasteiger partial charge on any atom is 0.0233 e. The summed E-state index contributed by atoms with van der Waals surface area (Å²) in [6.07, 6.45) is 3.66. The molecule has 0 bridgehead atoms. The Kier molecular flexibility index (Phi) is 6.02. The highest BCUT2D eigenvalue weighted by Crippen LogP contribution is 2.18. The van der Waals surface area contributed by atoms with Gasteiger partial charge in [-0.1, -0.05) is 24.3 Å². The van der Waals surface area contributed by atoms with E-state index in [0.29, 0.717) is 0 Å². The van der Waals surface area contributed by atoms with E-state index in [1.807, 2.05) is 0 Å². The molecule has 1 heterocycles. The Bertz CT molecular complexity index is 397. The predicted molar refractivity (Wildman–Crippen MR) is 85.8 cm³/mol. The van der Waals surface area contributed by atoms with Crippen LogP contribution in [0.5, 0.6) is 0 Å². The molecule has 1 aliphatic heterocycles. The van der Waals surface area contributed by atoms with Crippen LogP contribution < -0.4 is 5.73 Å². The van der Waals surface area contributed by atoms with Crippen molar-refractivity contribution in [1.82, 2.24) is 9.80 Å². The summed E-state index contributed by atoms with van der Waals surface area (Å²) in [5.74, 6) is 0.859. The minimum atomic E-state index is 0.732. The molecule has 1 aliphatic rings. The number of nitrogens with zero attached hydrogens (tertiary/aromatic N) is 2. The predicted octanol–water partition coefficient (Wildman–Crippen LogP) is 1.96. The molecule has 0 saturated carbocycles. The molecule has 0 spiro atoms. The third kappa shape index (κ3) is 4.58. The van der Waals surface area contributed by atoms with E-state index in [1.54, 1.807) is 0 Å². The van der Waals surface area contributed by atoms with Crippen LogP contribution in [-0.4, -0.2) is 50.1 Å². The molecule has 1 fully saturated rings. The molecule has 0 atom stereocenters. The van der Waals surface area contributed by atoms with E-state index in [0.717, 1.165) is 25.4 Å². The summed E-state index contributed by atoms with van der Waals surface area (Å²) in [7, 11) is 4.47. The van der Waals surface area contributed by atoms with Gasteiger partial charge in [-0.05, 0) is 70.0 Å². The van der Waals surface area contributed by atoms with Crippen molar-refractivity contribution < 1.29 is 0 Å². The van der Waals surface area contributed by atoms with Crippen molar-refractivity contribution in [3.05, 3.63) is 35.4 Å². The summed E-state index contributed by atoms with van der Waals surface area (Å²) >= 11 is 0. The molecule has 0 aliphatic carbocycles. The van der Waals surface area contributed by atoms with Crippen molar-refractivity contribution in [2.75, 3.05) is 40.3 Å². The van der Waals surface area contributed by atoms with Gasteiger partial charge in [0, 0.05) is 13.1 Å². The first-order valence-corrected chi connectivity index (χ1v) is 7.83. The normalized spacial score (nSPS) is 17.8. The lowest BCUT2D eigenvalue weighted by molar-refractivity contribution is 0.173. The molecule has 2 N–H and O–H groups in total. The first-order valence-electron chi connectivity index (χ1n) is 7.83.